The molecule has 4 rings (SSSR count). The quantitative estimate of drug-likeness (QED) is 0.678. The van der Waals surface area contributed by atoms with Gasteiger partial charge in [0.2, 0.25) is 0 Å². The summed E-state index contributed by atoms with van der Waals surface area (Å²) in [6.45, 7) is 1.89. The minimum absolute atomic E-state index is 0.0228. The first-order valence-corrected chi connectivity index (χ1v) is 8.90. The molecule has 1 unspecified atom stereocenters. The molecule has 2 aromatic heterocycles. The Balaban J connectivity index is 1.66. The normalized spacial score (nSPS) is 16.4. The number of benzene rings is 1. The number of alkyl halides is 3. The number of nitrogens with zero attached hydrogens (tertiary/aromatic N) is 3. The van der Waals surface area contributed by atoms with Crippen molar-refractivity contribution in [2.24, 2.45) is 0 Å². The maximum Gasteiger partial charge on any atom is 0.416 e. The van der Waals surface area contributed by atoms with Crippen molar-refractivity contribution >= 4 is 5.91 Å². The molecule has 1 aliphatic heterocycles. The van der Waals surface area contributed by atoms with E-state index in [0.29, 0.717) is 29.4 Å². The Morgan fingerprint density at radius 2 is 2.03 bits per heavy atom. The van der Waals surface area contributed by atoms with E-state index in [1.807, 2.05) is 6.92 Å². The van der Waals surface area contributed by atoms with Gasteiger partial charge in [-0.2, -0.15) is 18.3 Å². The topological polar surface area (TPSA) is 59.8 Å². The third kappa shape index (κ3) is 3.85. The highest BCUT2D eigenvalue weighted by Gasteiger charge is 2.31. The predicted molar refractivity (Wildman–Crippen MR) is 96.2 cm³/mol. The third-order valence-corrected chi connectivity index (χ3v) is 4.71. The molecule has 1 N–H and O–H groups in total. The number of nitrogens with one attached hydrogen (secondary N) is 1. The van der Waals surface area contributed by atoms with Crippen LogP contribution < -0.4 is 5.32 Å². The Kier molecular flexibility index (Phi) is 4.60. The largest absolute Gasteiger partial charge is 0.416 e. The Morgan fingerprint density at radius 1 is 1.24 bits per heavy atom. The Bertz CT molecular complexity index is 1090. The summed E-state index contributed by atoms with van der Waals surface area (Å²) >= 11 is 0. The Morgan fingerprint density at radius 3 is 2.79 bits per heavy atom. The first kappa shape index (κ1) is 19.1. The molecule has 0 saturated heterocycles. The van der Waals surface area contributed by atoms with E-state index >= 15 is 0 Å². The summed E-state index contributed by atoms with van der Waals surface area (Å²) in [5.74, 6) is -1.15. The molecule has 150 valence electrons. The number of hydrogen-bond acceptors (Lipinski definition) is 3. The third-order valence-electron chi connectivity index (χ3n) is 4.71. The molecule has 0 radical (unpaired) electrons. The lowest BCUT2D eigenvalue weighted by molar-refractivity contribution is -0.137. The molecule has 3 aromatic rings. The second-order valence-corrected chi connectivity index (χ2v) is 7.02. The van der Waals surface area contributed by atoms with Crippen LogP contribution in [0.15, 0.2) is 42.7 Å². The summed E-state index contributed by atoms with van der Waals surface area (Å²) in [5, 5.41) is 7.12. The average molecular weight is 404 g/mol. The highest BCUT2D eigenvalue weighted by atomic mass is 19.4. The van der Waals surface area contributed by atoms with Crippen molar-refractivity contribution in [2.75, 3.05) is 0 Å². The van der Waals surface area contributed by atoms with Gasteiger partial charge in [-0.15, -0.1) is 0 Å². The lowest BCUT2D eigenvalue weighted by atomic mass is 10.0. The van der Waals surface area contributed by atoms with E-state index in [9.17, 15) is 22.4 Å². The minimum atomic E-state index is -4.63. The summed E-state index contributed by atoms with van der Waals surface area (Å²) in [7, 11) is 0. The first-order chi connectivity index (χ1) is 13.7. The smallest absolute Gasteiger partial charge is 0.349 e. The molecule has 0 spiro atoms. The summed E-state index contributed by atoms with van der Waals surface area (Å²) < 4.78 is 54.1. The van der Waals surface area contributed by atoms with Crippen molar-refractivity contribution in [3.63, 3.8) is 0 Å². The average Bonchev–Trinajstić information content (AvgIpc) is 3.05. The molecule has 1 aromatic carbocycles. The van der Waals surface area contributed by atoms with Gasteiger partial charge in [-0.1, -0.05) is 0 Å². The molecule has 0 saturated carbocycles. The van der Waals surface area contributed by atoms with Crippen molar-refractivity contribution in [1.82, 2.24) is 20.1 Å². The SMILES string of the molecule is CC1Cc2c(cnn2-c2ccnc(Cc3cc(F)cc(C(F)(F)F)c3)c2)C(=O)N1. The maximum atomic E-state index is 13.7. The second-order valence-electron chi connectivity index (χ2n) is 7.02. The van der Waals surface area contributed by atoms with Crippen molar-refractivity contribution in [3.8, 4) is 5.69 Å². The highest BCUT2D eigenvalue weighted by molar-refractivity contribution is 5.96. The summed E-state index contributed by atoms with van der Waals surface area (Å²) in [6.07, 6.45) is -1.02. The van der Waals surface area contributed by atoms with Gasteiger partial charge in [0.25, 0.3) is 5.91 Å². The number of halogens is 4. The van der Waals surface area contributed by atoms with Crippen LogP contribution in [0.25, 0.3) is 5.69 Å². The van der Waals surface area contributed by atoms with Gasteiger partial charge in [0.05, 0.1) is 28.7 Å². The van der Waals surface area contributed by atoms with Crippen molar-refractivity contribution in [1.29, 1.82) is 0 Å². The summed E-state index contributed by atoms with van der Waals surface area (Å²) in [6, 6.07) is 5.77. The number of pyridine rings is 1. The van der Waals surface area contributed by atoms with Crippen molar-refractivity contribution in [3.05, 3.63) is 76.6 Å². The molecule has 0 fully saturated rings. The molecule has 29 heavy (non-hydrogen) atoms. The molecule has 0 aliphatic carbocycles. The van der Waals surface area contributed by atoms with Crippen LogP contribution in [0.4, 0.5) is 17.6 Å². The van der Waals surface area contributed by atoms with Gasteiger partial charge in [-0.25, -0.2) is 9.07 Å². The standard InChI is InChI=1S/C20H16F4N4O/c1-11-4-18-17(19(29)27-11)10-26-28(18)16-2-3-25-15(9-16)7-12-5-13(20(22,23)24)8-14(21)6-12/h2-3,5-6,8-11H,4,7H2,1H3,(H,27,29). The molecule has 5 nitrogen and oxygen atoms in total. The van der Waals surface area contributed by atoms with Gasteiger partial charge in [-0.3, -0.25) is 9.78 Å². The number of amides is 1. The van der Waals surface area contributed by atoms with E-state index in [-0.39, 0.29) is 23.9 Å². The number of carbonyl (C=O) groups excluding carboxylic acids is 1. The number of aromatic nitrogens is 3. The number of hydrogen-bond donors (Lipinski definition) is 1. The van der Waals surface area contributed by atoms with Crippen molar-refractivity contribution < 1.29 is 22.4 Å². The Hall–Kier alpha value is -3.23. The van der Waals surface area contributed by atoms with E-state index < -0.39 is 17.6 Å². The van der Waals surface area contributed by atoms with Gasteiger partial charge in [0, 0.05) is 30.8 Å². The maximum absolute atomic E-state index is 13.7. The second kappa shape index (κ2) is 6.98. The summed E-state index contributed by atoms with van der Waals surface area (Å²) in [4.78, 5) is 16.3. The van der Waals surface area contributed by atoms with Crippen LogP contribution in [0.3, 0.4) is 0 Å². The van der Waals surface area contributed by atoms with E-state index in [2.05, 4.69) is 15.4 Å². The highest BCUT2D eigenvalue weighted by Crippen LogP contribution is 2.31. The van der Waals surface area contributed by atoms with Gasteiger partial charge >= 0.3 is 6.18 Å². The van der Waals surface area contributed by atoms with E-state index in [1.54, 1.807) is 16.8 Å². The molecular formula is C20H16F4N4O. The fraction of sp³-hybridized carbons (Fsp3) is 0.250. The summed E-state index contributed by atoms with van der Waals surface area (Å²) in [5.41, 5.74) is 1.46. The van der Waals surface area contributed by atoms with Crippen LogP contribution in [-0.2, 0) is 19.0 Å². The lowest BCUT2D eigenvalue weighted by Crippen LogP contribution is -2.39. The molecule has 9 heteroatoms. The van der Waals surface area contributed by atoms with Gasteiger partial charge in [0.15, 0.2) is 0 Å². The zero-order chi connectivity index (χ0) is 20.8. The van der Waals surface area contributed by atoms with E-state index in [0.717, 1.165) is 17.8 Å². The number of rotatable bonds is 3. The van der Waals surface area contributed by atoms with Crippen molar-refractivity contribution in [2.45, 2.75) is 32.0 Å². The van der Waals surface area contributed by atoms with Crippen LogP contribution in [-0.4, -0.2) is 26.7 Å². The van der Waals surface area contributed by atoms with E-state index in [1.165, 1.54) is 12.4 Å². The first-order valence-electron chi connectivity index (χ1n) is 8.90. The van der Waals surface area contributed by atoms with Crippen LogP contribution in [0.5, 0.6) is 0 Å². The van der Waals surface area contributed by atoms with Gasteiger partial charge in [-0.05, 0) is 42.8 Å². The fourth-order valence-electron chi connectivity index (χ4n) is 3.44. The van der Waals surface area contributed by atoms with Gasteiger partial charge < -0.3 is 5.32 Å². The molecule has 3 heterocycles. The molecule has 0 bridgehead atoms. The monoisotopic (exact) mass is 404 g/mol. The van der Waals surface area contributed by atoms with Crippen LogP contribution >= 0.6 is 0 Å². The van der Waals surface area contributed by atoms with Crippen LogP contribution in [0.1, 0.15) is 39.8 Å². The molecule has 1 amide bonds. The fourth-order valence-corrected chi connectivity index (χ4v) is 3.44. The zero-order valence-electron chi connectivity index (χ0n) is 15.3. The molecule has 1 atom stereocenters. The lowest BCUT2D eigenvalue weighted by Gasteiger charge is -2.21. The molecular weight excluding hydrogens is 388 g/mol. The van der Waals surface area contributed by atoms with E-state index in [4.69, 9.17) is 0 Å². The zero-order valence-corrected chi connectivity index (χ0v) is 15.3. The number of fused-ring (bicyclic) bond motifs is 1. The Labute approximate surface area is 163 Å². The van der Waals surface area contributed by atoms with Gasteiger partial charge in [0.1, 0.15) is 5.82 Å². The minimum Gasteiger partial charge on any atom is -0.349 e. The van der Waals surface area contributed by atoms with Crippen LogP contribution in [0.2, 0.25) is 0 Å². The molecule has 1 aliphatic rings. The number of carbonyl (C=O) groups is 1. The van der Waals surface area contributed by atoms with Crippen LogP contribution in [0, 0.1) is 5.82 Å². The predicted octanol–water partition coefficient (Wildman–Crippen LogP) is 3.69.